The molecule has 1 aliphatic heterocycles. The van der Waals surface area contributed by atoms with Crippen molar-refractivity contribution in [2.45, 2.75) is 12.6 Å². The standard InChI is InChI=1S/C17H20ClN3O4/c1-20-8-13(18)14(19-20)9-21(17(22)11-23-2)7-12-10-24-15-5-3-4-6-16(15)25-12/h3-6,8,12H,7,9-11H2,1-2H3/t12-/m0/s1. The van der Waals surface area contributed by atoms with E-state index in [1.165, 1.54) is 7.11 Å². The SMILES string of the molecule is COCC(=O)N(Cc1nn(C)cc1Cl)C[C@H]1COc2ccccc2O1. The Kier molecular flexibility index (Phi) is 5.45. The van der Waals surface area contributed by atoms with Crippen LogP contribution in [0.1, 0.15) is 5.69 Å². The smallest absolute Gasteiger partial charge is 0.249 e. The van der Waals surface area contributed by atoms with Gasteiger partial charge in [0.1, 0.15) is 18.9 Å². The largest absolute Gasteiger partial charge is 0.486 e. The summed E-state index contributed by atoms with van der Waals surface area (Å²) in [5.74, 6) is 1.22. The predicted molar refractivity (Wildman–Crippen MR) is 91.9 cm³/mol. The summed E-state index contributed by atoms with van der Waals surface area (Å²) < 4.78 is 18.3. The highest BCUT2D eigenvalue weighted by molar-refractivity contribution is 6.31. The Bertz CT molecular complexity index is 749. The number of ether oxygens (including phenoxy) is 3. The van der Waals surface area contributed by atoms with Gasteiger partial charge in [-0.05, 0) is 12.1 Å². The fraction of sp³-hybridized carbons (Fsp3) is 0.412. The average Bonchev–Trinajstić information content (AvgIpc) is 2.91. The molecule has 25 heavy (non-hydrogen) atoms. The molecule has 1 amide bonds. The second kappa shape index (κ2) is 7.76. The number of amides is 1. The van der Waals surface area contributed by atoms with Gasteiger partial charge in [-0.3, -0.25) is 9.48 Å². The molecule has 1 aliphatic rings. The summed E-state index contributed by atoms with van der Waals surface area (Å²) in [4.78, 5) is 14.0. The lowest BCUT2D eigenvalue weighted by Gasteiger charge is -2.31. The van der Waals surface area contributed by atoms with Crippen LogP contribution in [0.5, 0.6) is 11.5 Å². The van der Waals surface area contributed by atoms with E-state index < -0.39 is 0 Å². The highest BCUT2D eigenvalue weighted by Gasteiger charge is 2.26. The zero-order chi connectivity index (χ0) is 17.8. The molecule has 3 rings (SSSR count). The van der Waals surface area contributed by atoms with E-state index in [-0.39, 0.29) is 25.2 Å². The van der Waals surface area contributed by atoms with Crippen LogP contribution >= 0.6 is 11.6 Å². The van der Waals surface area contributed by atoms with Crippen molar-refractivity contribution in [2.75, 3.05) is 26.9 Å². The number of benzene rings is 1. The number of para-hydroxylation sites is 2. The number of nitrogens with zero attached hydrogens (tertiary/aromatic N) is 3. The van der Waals surface area contributed by atoms with Crippen LogP contribution in [0.15, 0.2) is 30.5 Å². The monoisotopic (exact) mass is 365 g/mol. The summed E-state index contributed by atoms with van der Waals surface area (Å²) in [5.41, 5.74) is 0.630. The molecule has 1 aromatic heterocycles. The summed E-state index contributed by atoms with van der Waals surface area (Å²) in [7, 11) is 3.27. The molecule has 7 nitrogen and oxygen atoms in total. The van der Waals surface area contributed by atoms with Gasteiger partial charge in [-0.2, -0.15) is 5.10 Å². The zero-order valence-electron chi connectivity index (χ0n) is 14.1. The van der Waals surface area contributed by atoms with E-state index in [0.29, 0.717) is 35.4 Å². The summed E-state index contributed by atoms with van der Waals surface area (Å²) in [6.07, 6.45) is 1.42. The van der Waals surface area contributed by atoms with Crippen LogP contribution in [0.2, 0.25) is 5.02 Å². The molecule has 1 aromatic carbocycles. The fourth-order valence-electron chi connectivity index (χ4n) is 2.66. The van der Waals surface area contributed by atoms with Crippen molar-refractivity contribution < 1.29 is 19.0 Å². The Balaban J connectivity index is 1.72. The predicted octanol–water partition coefficient (Wildman–Crippen LogP) is 1.89. The van der Waals surface area contributed by atoms with Gasteiger partial charge in [-0.1, -0.05) is 23.7 Å². The fourth-order valence-corrected chi connectivity index (χ4v) is 2.90. The van der Waals surface area contributed by atoms with Crippen molar-refractivity contribution in [3.8, 4) is 11.5 Å². The summed E-state index contributed by atoms with van der Waals surface area (Å²) in [5, 5.41) is 4.82. The van der Waals surface area contributed by atoms with Crippen LogP contribution < -0.4 is 9.47 Å². The quantitative estimate of drug-likeness (QED) is 0.782. The molecule has 8 heteroatoms. The maximum atomic E-state index is 12.4. The lowest BCUT2D eigenvalue weighted by Crippen LogP contribution is -2.44. The van der Waals surface area contributed by atoms with Gasteiger partial charge in [0.15, 0.2) is 17.6 Å². The van der Waals surface area contributed by atoms with E-state index in [4.69, 9.17) is 25.8 Å². The minimum Gasteiger partial charge on any atom is -0.486 e. The van der Waals surface area contributed by atoms with E-state index >= 15 is 0 Å². The Morgan fingerprint density at radius 1 is 1.44 bits per heavy atom. The third kappa shape index (κ3) is 4.24. The van der Waals surface area contributed by atoms with Gasteiger partial charge in [0, 0.05) is 20.4 Å². The zero-order valence-corrected chi connectivity index (χ0v) is 14.9. The Morgan fingerprint density at radius 2 is 2.20 bits per heavy atom. The van der Waals surface area contributed by atoms with Crippen LogP contribution in [0.25, 0.3) is 0 Å². The third-order valence-electron chi connectivity index (χ3n) is 3.81. The lowest BCUT2D eigenvalue weighted by atomic mass is 10.2. The van der Waals surface area contributed by atoms with Crippen LogP contribution in [0, 0.1) is 0 Å². The topological polar surface area (TPSA) is 65.8 Å². The molecule has 2 heterocycles. The van der Waals surface area contributed by atoms with Crippen LogP contribution in [-0.4, -0.2) is 53.6 Å². The van der Waals surface area contributed by atoms with Crippen LogP contribution in [-0.2, 0) is 23.1 Å². The van der Waals surface area contributed by atoms with E-state index in [0.717, 1.165) is 0 Å². The van der Waals surface area contributed by atoms with Gasteiger partial charge >= 0.3 is 0 Å². The first kappa shape index (κ1) is 17.6. The second-order valence-corrected chi connectivity index (χ2v) is 6.21. The molecule has 0 aliphatic carbocycles. The molecule has 0 saturated heterocycles. The van der Waals surface area contributed by atoms with Gasteiger partial charge in [-0.15, -0.1) is 0 Å². The van der Waals surface area contributed by atoms with Crippen LogP contribution in [0.3, 0.4) is 0 Å². The molecule has 1 atom stereocenters. The van der Waals surface area contributed by atoms with E-state index in [1.54, 1.807) is 22.8 Å². The molecule has 0 radical (unpaired) electrons. The number of rotatable bonds is 6. The van der Waals surface area contributed by atoms with E-state index in [2.05, 4.69) is 5.10 Å². The van der Waals surface area contributed by atoms with Gasteiger partial charge in [0.2, 0.25) is 5.91 Å². The Morgan fingerprint density at radius 3 is 2.88 bits per heavy atom. The lowest BCUT2D eigenvalue weighted by molar-refractivity contribution is -0.137. The molecular formula is C17H20ClN3O4. The molecule has 0 N–H and O–H groups in total. The first-order chi connectivity index (χ1) is 12.1. The van der Waals surface area contributed by atoms with E-state index in [9.17, 15) is 4.79 Å². The van der Waals surface area contributed by atoms with Gasteiger partial charge in [0.05, 0.1) is 18.1 Å². The molecule has 0 bridgehead atoms. The number of fused-ring (bicyclic) bond motifs is 1. The number of aromatic nitrogens is 2. The number of aryl methyl sites for hydroxylation is 1. The van der Waals surface area contributed by atoms with Gasteiger partial charge in [-0.25, -0.2) is 0 Å². The minimum atomic E-state index is -0.279. The van der Waals surface area contributed by atoms with E-state index in [1.807, 2.05) is 24.3 Å². The minimum absolute atomic E-state index is 0.0192. The first-order valence-corrected chi connectivity index (χ1v) is 8.28. The molecular weight excluding hydrogens is 346 g/mol. The van der Waals surface area contributed by atoms with Gasteiger partial charge in [0.25, 0.3) is 0 Å². The molecule has 134 valence electrons. The second-order valence-electron chi connectivity index (χ2n) is 5.80. The molecule has 0 fully saturated rings. The van der Waals surface area contributed by atoms with Crippen molar-refractivity contribution in [3.63, 3.8) is 0 Å². The summed E-state index contributed by atoms with van der Waals surface area (Å²) in [6.45, 7) is 0.977. The average molecular weight is 366 g/mol. The van der Waals surface area contributed by atoms with Gasteiger partial charge < -0.3 is 19.1 Å². The first-order valence-electron chi connectivity index (χ1n) is 7.90. The van der Waals surface area contributed by atoms with Crippen molar-refractivity contribution in [1.82, 2.24) is 14.7 Å². The summed E-state index contributed by atoms with van der Waals surface area (Å²) >= 11 is 6.17. The number of hydrogen-bond donors (Lipinski definition) is 0. The number of carbonyl (C=O) groups excluding carboxylic acids is 1. The molecule has 2 aromatic rings. The van der Waals surface area contributed by atoms with Crippen molar-refractivity contribution >= 4 is 17.5 Å². The third-order valence-corrected chi connectivity index (χ3v) is 4.12. The Hall–Kier alpha value is -2.25. The molecule has 0 unspecified atom stereocenters. The highest BCUT2D eigenvalue weighted by atomic mass is 35.5. The maximum absolute atomic E-state index is 12.4. The normalized spacial score (nSPS) is 15.9. The van der Waals surface area contributed by atoms with Crippen molar-refractivity contribution in [3.05, 3.63) is 41.2 Å². The van der Waals surface area contributed by atoms with Crippen molar-refractivity contribution in [1.29, 1.82) is 0 Å². The number of methoxy groups -OCH3 is 1. The highest BCUT2D eigenvalue weighted by Crippen LogP contribution is 2.31. The van der Waals surface area contributed by atoms with Crippen molar-refractivity contribution in [2.24, 2.45) is 7.05 Å². The molecule has 0 saturated carbocycles. The molecule has 0 spiro atoms. The number of halogens is 1. The number of carbonyl (C=O) groups is 1. The Labute approximate surface area is 151 Å². The number of hydrogen-bond acceptors (Lipinski definition) is 5. The summed E-state index contributed by atoms with van der Waals surface area (Å²) in [6, 6.07) is 7.47. The van der Waals surface area contributed by atoms with Crippen LogP contribution in [0.4, 0.5) is 0 Å². The maximum Gasteiger partial charge on any atom is 0.249 e.